The minimum atomic E-state index is -4.68. The van der Waals surface area contributed by atoms with Crippen LogP contribution in [0.5, 0.6) is 0 Å². The highest BCUT2D eigenvalue weighted by molar-refractivity contribution is 7.92. The van der Waals surface area contributed by atoms with Crippen LogP contribution in [0.2, 0.25) is 5.02 Å². The SMILES string of the molecule is O=C(Nc1ccccc1N1CCOCC1)c1cccc(S(=O)(=O)Nc2cc(C(F)(F)F)ccc2Cl)c1. The van der Waals surface area contributed by atoms with Crippen molar-refractivity contribution >= 4 is 44.6 Å². The Morgan fingerprint density at radius 3 is 2.39 bits per heavy atom. The van der Waals surface area contributed by atoms with E-state index in [2.05, 4.69) is 14.9 Å². The first kappa shape index (κ1) is 25.8. The van der Waals surface area contributed by atoms with Gasteiger partial charge in [-0.2, -0.15) is 13.2 Å². The van der Waals surface area contributed by atoms with Crippen LogP contribution in [0, 0.1) is 0 Å². The third kappa shape index (κ3) is 5.92. The number of carbonyl (C=O) groups is 1. The second-order valence-electron chi connectivity index (χ2n) is 7.90. The van der Waals surface area contributed by atoms with Gasteiger partial charge in [0.05, 0.1) is 45.8 Å². The number of halogens is 4. The summed E-state index contributed by atoms with van der Waals surface area (Å²) in [7, 11) is -4.36. The minimum Gasteiger partial charge on any atom is -0.378 e. The first-order valence-corrected chi connectivity index (χ1v) is 12.6. The summed E-state index contributed by atoms with van der Waals surface area (Å²) in [5.74, 6) is -0.551. The molecule has 0 saturated carbocycles. The molecule has 0 radical (unpaired) electrons. The van der Waals surface area contributed by atoms with Crippen LogP contribution < -0.4 is 14.9 Å². The third-order valence-electron chi connectivity index (χ3n) is 5.45. The Labute approximate surface area is 210 Å². The second kappa shape index (κ2) is 10.4. The van der Waals surface area contributed by atoms with E-state index in [9.17, 15) is 26.4 Å². The molecule has 1 fully saturated rings. The van der Waals surface area contributed by atoms with Crippen LogP contribution in [0.3, 0.4) is 0 Å². The number of ether oxygens (including phenoxy) is 1. The molecule has 0 aliphatic carbocycles. The fraction of sp³-hybridized carbons (Fsp3) is 0.208. The normalized spacial score (nSPS) is 14.4. The summed E-state index contributed by atoms with van der Waals surface area (Å²) >= 11 is 5.92. The van der Waals surface area contributed by atoms with Crippen molar-refractivity contribution in [1.82, 2.24) is 0 Å². The van der Waals surface area contributed by atoms with Crippen molar-refractivity contribution in [2.75, 3.05) is 41.2 Å². The van der Waals surface area contributed by atoms with Crippen LogP contribution in [0.25, 0.3) is 0 Å². The van der Waals surface area contributed by atoms with Crippen molar-refractivity contribution in [3.63, 3.8) is 0 Å². The number of nitrogens with one attached hydrogen (secondary N) is 2. The minimum absolute atomic E-state index is 0.0461. The van der Waals surface area contributed by atoms with Gasteiger partial charge in [-0.25, -0.2) is 8.42 Å². The first-order valence-electron chi connectivity index (χ1n) is 10.8. The Hall–Kier alpha value is -3.28. The van der Waals surface area contributed by atoms with E-state index in [1.165, 1.54) is 18.2 Å². The largest absolute Gasteiger partial charge is 0.416 e. The van der Waals surface area contributed by atoms with E-state index in [0.717, 1.165) is 23.9 Å². The number of sulfonamides is 1. The molecular formula is C24H21ClF3N3O4S. The summed E-state index contributed by atoms with van der Waals surface area (Å²) < 4.78 is 72.4. The maximum absolute atomic E-state index is 13.0. The van der Waals surface area contributed by atoms with Crippen molar-refractivity contribution in [2.45, 2.75) is 11.1 Å². The zero-order chi connectivity index (χ0) is 25.9. The number of para-hydroxylation sites is 2. The van der Waals surface area contributed by atoms with Gasteiger partial charge in [0.15, 0.2) is 0 Å². The number of alkyl halides is 3. The molecule has 12 heteroatoms. The summed E-state index contributed by atoms with van der Waals surface area (Å²) in [5.41, 5.74) is -0.0902. The van der Waals surface area contributed by atoms with Crippen molar-refractivity contribution in [3.8, 4) is 0 Å². The van der Waals surface area contributed by atoms with Gasteiger partial charge < -0.3 is 15.0 Å². The topological polar surface area (TPSA) is 87.7 Å². The Kier molecular flexibility index (Phi) is 7.43. The Morgan fingerprint density at radius 2 is 1.67 bits per heavy atom. The fourth-order valence-corrected chi connectivity index (χ4v) is 4.98. The lowest BCUT2D eigenvalue weighted by Gasteiger charge is -2.30. The molecule has 0 spiro atoms. The highest BCUT2D eigenvalue weighted by atomic mass is 35.5. The molecule has 2 N–H and O–H groups in total. The van der Waals surface area contributed by atoms with Crippen molar-refractivity contribution in [1.29, 1.82) is 0 Å². The highest BCUT2D eigenvalue weighted by Crippen LogP contribution is 2.35. The average Bonchev–Trinajstić information content (AvgIpc) is 2.85. The summed E-state index contributed by atoms with van der Waals surface area (Å²) in [6.07, 6.45) is -4.68. The molecule has 0 aromatic heterocycles. The molecule has 4 rings (SSSR count). The van der Waals surface area contributed by atoms with Gasteiger partial charge in [-0.15, -0.1) is 0 Å². The molecule has 3 aromatic carbocycles. The number of carbonyl (C=O) groups excluding carboxylic acids is 1. The molecule has 190 valence electrons. The summed E-state index contributed by atoms with van der Waals surface area (Å²) in [4.78, 5) is 14.7. The number of hydrogen-bond donors (Lipinski definition) is 2. The molecule has 0 unspecified atom stereocenters. The van der Waals surface area contributed by atoms with Crippen LogP contribution in [0.15, 0.2) is 71.6 Å². The van der Waals surface area contributed by atoms with Crippen molar-refractivity contribution in [3.05, 3.63) is 82.9 Å². The maximum Gasteiger partial charge on any atom is 0.416 e. The lowest BCUT2D eigenvalue weighted by atomic mass is 10.2. The van der Waals surface area contributed by atoms with Crippen LogP contribution in [-0.4, -0.2) is 40.6 Å². The van der Waals surface area contributed by atoms with Gasteiger partial charge in [0.1, 0.15) is 0 Å². The number of morpholine rings is 1. The number of amides is 1. The quantitative estimate of drug-likeness (QED) is 0.447. The number of nitrogens with zero attached hydrogens (tertiary/aromatic N) is 1. The predicted octanol–water partition coefficient (Wildman–Crippen LogP) is 5.25. The molecule has 1 heterocycles. The number of hydrogen-bond acceptors (Lipinski definition) is 5. The van der Waals surface area contributed by atoms with Gasteiger partial charge in [0.25, 0.3) is 15.9 Å². The van der Waals surface area contributed by atoms with Gasteiger partial charge in [0, 0.05) is 18.7 Å². The lowest BCUT2D eigenvalue weighted by molar-refractivity contribution is -0.137. The van der Waals surface area contributed by atoms with Crippen molar-refractivity contribution in [2.24, 2.45) is 0 Å². The molecule has 36 heavy (non-hydrogen) atoms. The fourth-order valence-electron chi connectivity index (χ4n) is 3.64. The van der Waals surface area contributed by atoms with Gasteiger partial charge in [-0.05, 0) is 48.5 Å². The number of rotatable bonds is 6. The van der Waals surface area contributed by atoms with Crippen LogP contribution in [0.1, 0.15) is 15.9 Å². The first-order chi connectivity index (χ1) is 17.0. The van der Waals surface area contributed by atoms with Gasteiger partial charge in [-0.3, -0.25) is 9.52 Å². The highest BCUT2D eigenvalue weighted by Gasteiger charge is 2.31. The molecular weight excluding hydrogens is 519 g/mol. The van der Waals surface area contributed by atoms with Crippen molar-refractivity contribution < 1.29 is 31.1 Å². The van der Waals surface area contributed by atoms with Crippen LogP contribution in [-0.2, 0) is 20.9 Å². The van der Waals surface area contributed by atoms with Crippen LogP contribution in [0.4, 0.5) is 30.2 Å². The van der Waals surface area contributed by atoms with E-state index in [4.69, 9.17) is 16.3 Å². The van der Waals surface area contributed by atoms with E-state index in [-0.39, 0.29) is 15.5 Å². The predicted molar refractivity (Wildman–Crippen MR) is 131 cm³/mol. The standard InChI is InChI=1S/C24H21ClF3N3O4S/c25-19-9-8-17(24(26,27)28)15-21(19)30-36(33,34)18-5-3-4-16(14-18)23(32)29-20-6-1-2-7-22(20)31-10-12-35-13-11-31/h1-9,14-15,30H,10-13H2,(H,29,32). The molecule has 7 nitrogen and oxygen atoms in total. The third-order valence-corrected chi connectivity index (χ3v) is 7.14. The Bertz CT molecular complexity index is 1380. The summed E-state index contributed by atoms with van der Waals surface area (Å²) in [6, 6.07) is 14.7. The molecule has 0 bridgehead atoms. The number of anilines is 3. The van der Waals surface area contributed by atoms with E-state index < -0.39 is 33.4 Å². The van der Waals surface area contributed by atoms with Gasteiger partial charge >= 0.3 is 6.18 Å². The average molecular weight is 540 g/mol. The van der Waals surface area contributed by atoms with E-state index in [1.54, 1.807) is 12.1 Å². The molecule has 3 aromatic rings. The smallest absolute Gasteiger partial charge is 0.378 e. The van der Waals surface area contributed by atoms with E-state index in [0.29, 0.717) is 38.1 Å². The van der Waals surface area contributed by atoms with E-state index in [1.807, 2.05) is 12.1 Å². The van der Waals surface area contributed by atoms with Gasteiger partial charge in [-0.1, -0.05) is 29.8 Å². The lowest BCUT2D eigenvalue weighted by Crippen LogP contribution is -2.36. The monoisotopic (exact) mass is 539 g/mol. The summed E-state index contributed by atoms with van der Waals surface area (Å²) in [6.45, 7) is 2.44. The number of benzene rings is 3. The molecule has 1 aliphatic heterocycles. The Balaban J connectivity index is 1.56. The molecule has 0 atom stereocenters. The molecule has 1 amide bonds. The zero-order valence-electron chi connectivity index (χ0n) is 18.7. The second-order valence-corrected chi connectivity index (χ2v) is 9.99. The van der Waals surface area contributed by atoms with Gasteiger partial charge in [0.2, 0.25) is 0 Å². The summed E-state index contributed by atoms with van der Waals surface area (Å²) in [5, 5.41) is 2.59. The zero-order valence-corrected chi connectivity index (χ0v) is 20.3. The molecule has 1 aliphatic rings. The van der Waals surface area contributed by atoms with Crippen LogP contribution >= 0.6 is 11.6 Å². The molecule has 1 saturated heterocycles. The van der Waals surface area contributed by atoms with E-state index >= 15 is 0 Å². The maximum atomic E-state index is 13.0. The Morgan fingerprint density at radius 1 is 0.944 bits per heavy atom.